The third kappa shape index (κ3) is 3.52. The van der Waals surface area contributed by atoms with Gasteiger partial charge in [0.2, 0.25) is 0 Å². The largest absolute Gasteiger partial charge is 0.457 e. The smallest absolute Gasteiger partial charge is 0.416 e. The molecule has 0 atom stereocenters. The Bertz CT molecular complexity index is 653. The molecule has 6 heteroatoms. The fraction of sp³-hybridized carbons (Fsp3) is 0.200. The van der Waals surface area contributed by atoms with Crippen LogP contribution in [0, 0.1) is 12.7 Å². The Labute approximate surface area is 119 Å². The van der Waals surface area contributed by atoms with Crippen LogP contribution >= 0.6 is 0 Å². The Morgan fingerprint density at radius 2 is 1.67 bits per heavy atom. The van der Waals surface area contributed by atoms with E-state index in [2.05, 4.69) is 0 Å². The van der Waals surface area contributed by atoms with Crippen molar-refractivity contribution < 1.29 is 22.3 Å². The fourth-order valence-corrected chi connectivity index (χ4v) is 1.85. The lowest BCUT2D eigenvalue weighted by Gasteiger charge is -2.14. The first-order chi connectivity index (χ1) is 9.81. The minimum atomic E-state index is -4.47. The predicted octanol–water partition coefficient (Wildman–Crippen LogP) is 4.40. The summed E-state index contributed by atoms with van der Waals surface area (Å²) in [7, 11) is 0. The van der Waals surface area contributed by atoms with Crippen molar-refractivity contribution in [3.05, 3.63) is 58.9 Å². The molecule has 0 saturated carbocycles. The van der Waals surface area contributed by atoms with Crippen molar-refractivity contribution in [3.8, 4) is 11.5 Å². The van der Waals surface area contributed by atoms with Crippen LogP contribution in [0.3, 0.4) is 0 Å². The van der Waals surface area contributed by atoms with Gasteiger partial charge in [-0.1, -0.05) is 6.07 Å². The third-order valence-electron chi connectivity index (χ3n) is 2.98. The van der Waals surface area contributed by atoms with Gasteiger partial charge >= 0.3 is 6.18 Å². The molecule has 0 bridgehead atoms. The van der Waals surface area contributed by atoms with Crippen molar-refractivity contribution in [1.29, 1.82) is 0 Å². The van der Waals surface area contributed by atoms with Crippen LogP contribution in [-0.4, -0.2) is 0 Å². The number of hydrogen-bond donors (Lipinski definition) is 1. The van der Waals surface area contributed by atoms with Crippen molar-refractivity contribution in [2.45, 2.75) is 19.6 Å². The molecule has 2 rings (SSSR count). The summed E-state index contributed by atoms with van der Waals surface area (Å²) in [5, 5.41) is 0. The summed E-state index contributed by atoms with van der Waals surface area (Å²) in [5.41, 5.74) is 4.92. The zero-order chi connectivity index (χ0) is 15.6. The molecule has 0 saturated heterocycles. The molecule has 0 spiro atoms. The summed E-state index contributed by atoms with van der Waals surface area (Å²) in [6, 6.07) is 7.54. The first-order valence-electron chi connectivity index (χ1n) is 6.15. The van der Waals surface area contributed by atoms with Gasteiger partial charge in [-0.25, -0.2) is 4.39 Å². The highest BCUT2D eigenvalue weighted by Gasteiger charge is 2.33. The van der Waals surface area contributed by atoms with Gasteiger partial charge in [0, 0.05) is 12.6 Å². The standard InChI is InChI=1S/C15H13F4NO/c1-9-2-3-12(7-14(9)16)21-11-4-5-13(15(17,18)19)10(6-11)8-20/h2-7H,8,20H2,1H3. The quantitative estimate of drug-likeness (QED) is 0.852. The van der Waals surface area contributed by atoms with Gasteiger partial charge in [-0.05, 0) is 42.3 Å². The molecule has 0 aliphatic rings. The summed E-state index contributed by atoms with van der Waals surface area (Å²) in [6.07, 6.45) is -4.47. The average Bonchev–Trinajstić information content (AvgIpc) is 2.41. The van der Waals surface area contributed by atoms with E-state index in [4.69, 9.17) is 10.5 Å². The molecule has 0 fully saturated rings. The van der Waals surface area contributed by atoms with Gasteiger partial charge in [-0.2, -0.15) is 13.2 Å². The van der Waals surface area contributed by atoms with Gasteiger partial charge in [0.15, 0.2) is 0 Å². The van der Waals surface area contributed by atoms with Gasteiger partial charge in [0.1, 0.15) is 17.3 Å². The van der Waals surface area contributed by atoms with E-state index in [1.165, 1.54) is 30.3 Å². The minimum Gasteiger partial charge on any atom is -0.457 e. The number of halogens is 4. The maximum absolute atomic E-state index is 13.4. The van der Waals surface area contributed by atoms with Gasteiger partial charge in [-0.15, -0.1) is 0 Å². The maximum atomic E-state index is 13.4. The number of aryl methyl sites for hydroxylation is 1. The van der Waals surface area contributed by atoms with Crippen molar-refractivity contribution in [1.82, 2.24) is 0 Å². The molecule has 2 aromatic carbocycles. The highest BCUT2D eigenvalue weighted by atomic mass is 19.4. The van der Waals surface area contributed by atoms with E-state index in [0.717, 1.165) is 6.07 Å². The second-order valence-corrected chi connectivity index (χ2v) is 4.53. The monoisotopic (exact) mass is 299 g/mol. The Kier molecular flexibility index (Phi) is 4.18. The molecule has 0 aliphatic heterocycles. The topological polar surface area (TPSA) is 35.2 Å². The normalized spacial score (nSPS) is 11.5. The number of nitrogens with two attached hydrogens (primary N) is 1. The van der Waals surface area contributed by atoms with Gasteiger partial charge < -0.3 is 10.5 Å². The molecule has 0 aliphatic carbocycles. The lowest BCUT2D eigenvalue weighted by atomic mass is 10.1. The van der Waals surface area contributed by atoms with Gasteiger partial charge in [0.05, 0.1) is 5.56 Å². The second kappa shape index (κ2) is 5.73. The van der Waals surface area contributed by atoms with E-state index in [1.807, 2.05) is 0 Å². The van der Waals surface area contributed by atoms with Crippen molar-refractivity contribution >= 4 is 0 Å². The van der Waals surface area contributed by atoms with E-state index in [-0.39, 0.29) is 23.6 Å². The molecular weight excluding hydrogens is 286 g/mol. The molecule has 0 unspecified atom stereocenters. The number of ether oxygens (including phenoxy) is 1. The summed E-state index contributed by atoms with van der Waals surface area (Å²) in [6.45, 7) is 1.33. The molecule has 2 N–H and O–H groups in total. The molecular formula is C15H13F4NO. The van der Waals surface area contributed by atoms with Crippen LogP contribution < -0.4 is 10.5 Å². The van der Waals surface area contributed by atoms with E-state index < -0.39 is 17.6 Å². The van der Waals surface area contributed by atoms with Crippen LogP contribution in [0.1, 0.15) is 16.7 Å². The zero-order valence-corrected chi connectivity index (χ0v) is 11.2. The molecule has 0 heterocycles. The summed E-state index contributed by atoms with van der Waals surface area (Å²) in [4.78, 5) is 0. The van der Waals surface area contributed by atoms with Crippen LogP contribution in [0.4, 0.5) is 17.6 Å². The van der Waals surface area contributed by atoms with E-state index in [1.54, 1.807) is 6.92 Å². The predicted molar refractivity (Wildman–Crippen MR) is 70.5 cm³/mol. The van der Waals surface area contributed by atoms with E-state index in [0.29, 0.717) is 5.56 Å². The van der Waals surface area contributed by atoms with Crippen LogP contribution in [-0.2, 0) is 12.7 Å². The van der Waals surface area contributed by atoms with Crippen molar-refractivity contribution in [3.63, 3.8) is 0 Å². The Hall–Kier alpha value is -2.08. The van der Waals surface area contributed by atoms with Crippen LogP contribution in [0.5, 0.6) is 11.5 Å². The van der Waals surface area contributed by atoms with Crippen molar-refractivity contribution in [2.75, 3.05) is 0 Å². The first-order valence-corrected chi connectivity index (χ1v) is 6.15. The lowest BCUT2D eigenvalue weighted by molar-refractivity contribution is -0.138. The highest BCUT2D eigenvalue weighted by molar-refractivity contribution is 5.40. The van der Waals surface area contributed by atoms with E-state index >= 15 is 0 Å². The summed E-state index contributed by atoms with van der Waals surface area (Å²) < 4.78 is 57.0. The molecule has 2 aromatic rings. The number of benzene rings is 2. The maximum Gasteiger partial charge on any atom is 0.416 e. The Morgan fingerprint density at radius 3 is 2.24 bits per heavy atom. The van der Waals surface area contributed by atoms with E-state index in [9.17, 15) is 17.6 Å². The molecule has 21 heavy (non-hydrogen) atoms. The summed E-state index contributed by atoms with van der Waals surface area (Å²) >= 11 is 0. The number of alkyl halides is 3. The first kappa shape index (κ1) is 15.3. The fourth-order valence-electron chi connectivity index (χ4n) is 1.85. The zero-order valence-electron chi connectivity index (χ0n) is 11.2. The highest BCUT2D eigenvalue weighted by Crippen LogP contribution is 2.34. The van der Waals surface area contributed by atoms with Gasteiger partial charge in [0.25, 0.3) is 0 Å². The van der Waals surface area contributed by atoms with Crippen LogP contribution in [0.25, 0.3) is 0 Å². The Balaban J connectivity index is 2.31. The molecule has 112 valence electrons. The second-order valence-electron chi connectivity index (χ2n) is 4.53. The number of rotatable bonds is 3. The van der Waals surface area contributed by atoms with Crippen molar-refractivity contribution in [2.24, 2.45) is 5.73 Å². The summed E-state index contributed by atoms with van der Waals surface area (Å²) in [5.74, 6) is -0.0639. The molecule has 0 aromatic heterocycles. The van der Waals surface area contributed by atoms with Gasteiger partial charge in [-0.3, -0.25) is 0 Å². The lowest BCUT2D eigenvalue weighted by Crippen LogP contribution is -2.11. The molecule has 2 nitrogen and oxygen atoms in total. The van der Waals surface area contributed by atoms with Crippen LogP contribution in [0.2, 0.25) is 0 Å². The Morgan fingerprint density at radius 1 is 1.05 bits per heavy atom. The van der Waals surface area contributed by atoms with Crippen LogP contribution in [0.15, 0.2) is 36.4 Å². The molecule has 0 amide bonds. The third-order valence-corrected chi connectivity index (χ3v) is 2.98. The minimum absolute atomic E-state index is 0.0763. The number of hydrogen-bond acceptors (Lipinski definition) is 2. The molecule has 0 radical (unpaired) electrons. The average molecular weight is 299 g/mol. The SMILES string of the molecule is Cc1ccc(Oc2ccc(C(F)(F)F)c(CN)c2)cc1F.